The first kappa shape index (κ1) is 11.1. The Bertz CT molecular complexity index is 265. The molecule has 0 bridgehead atoms. The molecule has 3 heteroatoms. The topological polar surface area (TPSA) is 29.5 Å². The predicted octanol–water partition coefficient (Wildman–Crippen LogP) is 2.47. The summed E-state index contributed by atoms with van der Waals surface area (Å²) in [5.41, 5.74) is 0. The van der Waals surface area contributed by atoms with Crippen LogP contribution in [-0.4, -0.2) is 24.4 Å². The normalized spacial score (nSPS) is 23.9. The van der Waals surface area contributed by atoms with Crippen molar-refractivity contribution < 1.29 is 9.84 Å². The third kappa shape index (κ3) is 3.30. The fourth-order valence-electron chi connectivity index (χ4n) is 2.05. The van der Waals surface area contributed by atoms with E-state index >= 15 is 0 Å². The summed E-state index contributed by atoms with van der Waals surface area (Å²) in [6.45, 7) is 1.61. The van der Waals surface area contributed by atoms with Crippen molar-refractivity contribution in [1.82, 2.24) is 0 Å². The molecule has 1 aliphatic heterocycles. The van der Waals surface area contributed by atoms with E-state index in [1.165, 1.54) is 4.88 Å². The molecule has 1 N–H and O–H groups in total. The molecular formula is C12H18O2S. The number of aryl methyl sites for hydroxylation is 1. The zero-order valence-corrected chi connectivity index (χ0v) is 9.71. The first-order valence-corrected chi connectivity index (χ1v) is 6.52. The first-order chi connectivity index (χ1) is 7.36. The zero-order valence-electron chi connectivity index (χ0n) is 8.89. The molecule has 2 nitrogen and oxygen atoms in total. The van der Waals surface area contributed by atoms with Crippen molar-refractivity contribution in [2.24, 2.45) is 5.92 Å². The van der Waals surface area contributed by atoms with Crippen molar-refractivity contribution in [2.45, 2.75) is 31.8 Å². The number of rotatable bonds is 4. The highest BCUT2D eigenvalue weighted by Gasteiger charge is 2.21. The Hall–Kier alpha value is -0.380. The van der Waals surface area contributed by atoms with Crippen LogP contribution in [-0.2, 0) is 11.2 Å². The summed E-state index contributed by atoms with van der Waals surface area (Å²) in [5, 5.41) is 12.1. The van der Waals surface area contributed by atoms with E-state index in [1.54, 1.807) is 11.3 Å². The van der Waals surface area contributed by atoms with E-state index in [1.807, 2.05) is 0 Å². The number of ether oxygens (including phenoxy) is 1. The molecule has 0 aromatic carbocycles. The van der Waals surface area contributed by atoms with Gasteiger partial charge in [-0.25, -0.2) is 0 Å². The molecule has 1 saturated heterocycles. The molecule has 0 radical (unpaired) electrons. The van der Waals surface area contributed by atoms with Gasteiger partial charge >= 0.3 is 0 Å². The molecule has 2 heterocycles. The molecule has 0 saturated carbocycles. The lowest BCUT2D eigenvalue weighted by Gasteiger charge is -2.26. The molecule has 15 heavy (non-hydrogen) atoms. The highest BCUT2D eigenvalue weighted by molar-refractivity contribution is 7.09. The summed E-state index contributed by atoms with van der Waals surface area (Å²) in [7, 11) is 0. The second-order valence-electron chi connectivity index (χ2n) is 4.16. The maximum atomic E-state index is 10.00. The van der Waals surface area contributed by atoms with E-state index in [-0.39, 0.29) is 6.10 Å². The Labute approximate surface area is 94.9 Å². The average molecular weight is 226 g/mol. The van der Waals surface area contributed by atoms with E-state index in [9.17, 15) is 5.11 Å². The van der Waals surface area contributed by atoms with Crippen molar-refractivity contribution in [3.63, 3.8) is 0 Å². The van der Waals surface area contributed by atoms with Gasteiger partial charge in [0.15, 0.2) is 0 Å². The Morgan fingerprint density at radius 2 is 2.53 bits per heavy atom. The van der Waals surface area contributed by atoms with Gasteiger partial charge in [0.05, 0.1) is 12.7 Å². The average Bonchev–Trinajstić information content (AvgIpc) is 2.80. The van der Waals surface area contributed by atoms with Crippen LogP contribution in [0.25, 0.3) is 0 Å². The van der Waals surface area contributed by atoms with Gasteiger partial charge in [0, 0.05) is 17.4 Å². The van der Waals surface area contributed by atoms with Gasteiger partial charge in [0.1, 0.15) is 0 Å². The minimum atomic E-state index is -0.188. The SMILES string of the molecule is OC(CCc1cccs1)C1CCCOC1. The fraction of sp³-hybridized carbons (Fsp3) is 0.667. The van der Waals surface area contributed by atoms with E-state index in [4.69, 9.17) is 4.74 Å². The smallest absolute Gasteiger partial charge is 0.0593 e. The third-order valence-corrected chi connectivity index (χ3v) is 3.94. The molecule has 0 amide bonds. The van der Waals surface area contributed by atoms with Crippen molar-refractivity contribution in [2.75, 3.05) is 13.2 Å². The van der Waals surface area contributed by atoms with Crippen LogP contribution in [0.15, 0.2) is 17.5 Å². The van der Waals surface area contributed by atoms with E-state index in [0.29, 0.717) is 5.92 Å². The van der Waals surface area contributed by atoms with Gasteiger partial charge in [-0.1, -0.05) is 6.07 Å². The van der Waals surface area contributed by atoms with E-state index in [0.717, 1.165) is 38.9 Å². The van der Waals surface area contributed by atoms with Crippen LogP contribution >= 0.6 is 11.3 Å². The largest absolute Gasteiger partial charge is 0.393 e. The van der Waals surface area contributed by atoms with Gasteiger partial charge in [-0.2, -0.15) is 0 Å². The van der Waals surface area contributed by atoms with Crippen LogP contribution < -0.4 is 0 Å². The lowest BCUT2D eigenvalue weighted by Crippen LogP contribution is -2.29. The molecule has 2 atom stereocenters. The van der Waals surface area contributed by atoms with Crippen LogP contribution in [0.2, 0.25) is 0 Å². The molecule has 84 valence electrons. The molecule has 0 aliphatic carbocycles. The second-order valence-corrected chi connectivity index (χ2v) is 5.19. The van der Waals surface area contributed by atoms with Gasteiger partial charge in [0.2, 0.25) is 0 Å². The van der Waals surface area contributed by atoms with Crippen molar-refractivity contribution >= 4 is 11.3 Å². The highest BCUT2D eigenvalue weighted by Crippen LogP contribution is 2.21. The Morgan fingerprint density at radius 1 is 1.60 bits per heavy atom. The summed E-state index contributed by atoms with van der Waals surface area (Å²) in [4.78, 5) is 1.37. The van der Waals surface area contributed by atoms with Crippen LogP contribution in [0.3, 0.4) is 0 Å². The lowest BCUT2D eigenvalue weighted by molar-refractivity contribution is -0.0115. The quantitative estimate of drug-likeness (QED) is 0.854. The van der Waals surface area contributed by atoms with Crippen LogP contribution in [0, 0.1) is 5.92 Å². The third-order valence-electron chi connectivity index (χ3n) is 3.01. The minimum absolute atomic E-state index is 0.188. The van der Waals surface area contributed by atoms with Crippen LogP contribution in [0.5, 0.6) is 0 Å². The van der Waals surface area contributed by atoms with E-state index < -0.39 is 0 Å². The summed E-state index contributed by atoms with van der Waals surface area (Å²) in [6, 6.07) is 4.20. The van der Waals surface area contributed by atoms with Crippen LogP contribution in [0.4, 0.5) is 0 Å². The predicted molar refractivity (Wildman–Crippen MR) is 62.2 cm³/mol. The maximum Gasteiger partial charge on any atom is 0.0593 e. The molecule has 1 aromatic heterocycles. The van der Waals surface area contributed by atoms with Crippen molar-refractivity contribution in [3.8, 4) is 0 Å². The Balaban J connectivity index is 1.74. The molecule has 2 unspecified atom stereocenters. The molecule has 2 rings (SSSR count). The maximum absolute atomic E-state index is 10.00. The summed E-state index contributed by atoms with van der Waals surface area (Å²) in [6.07, 6.45) is 3.89. The van der Waals surface area contributed by atoms with Gasteiger partial charge in [-0.15, -0.1) is 11.3 Å². The number of hydrogen-bond donors (Lipinski definition) is 1. The van der Waals surface area contributed by atoms with Crippen molar-refractivity contribution in [3.05, 3.63) is 22.4 Å². The zero-order chi connectivity index (χ0) is 10.5. The van der Waals surface area contributed by atoms with Gasteiger partial charge < -0.3 is 9.84 Å². The summed E-state index contributed by atoms with van der Waals surface area (Å²) < 4.78 is 5.38. The number of aliphatic hydroxyl groups excluding tert-OH is 1. The standard InChI is InChI=1S/C12H18O2S/c13-12(10-3-1-7-14-9-10)6-5-11-4-2-8-15-11/h2,4,8,10,12-13H,1,3,5-7,9H2. The summed E-state index contributed by atoms with van der Waals surface area (Å²) in [5.74, 6) is 0.360. The van der Waals surface area contributed by atoms with Gasteiger partial charge in [0.25, 0.3) is 0 Å². The first-order valence-electron chi connectivity index (χ1n) is 5.64. The summed E-state index contributed by atoms with van der Waals surface area (Å²) >= 11 is 1.77. The monoisotopic (exact) mass is 226 g/mol. The molecule has 1 aromatic rings. The van der Waals surface area contributed by atoms with Gasteiger partial charge in [-0.3, -0.25) is 0 Å². The number of aliphatic hydroxyl groups is 1. The van der Waals surface area contributed by atoms with Gasteiger partial charge in [-0.05, 0) is 37.1 Å². The molecule has 1 aliphatic rings. The molecular weight excluding hydrogens is 208 g/mol. The fourth-order valence-corrected chi connectivity index (χ4v) is 2.77. The Kier molecular flexibility index (Phi) is 4.18. The highest BCUT2D eigenvalue weighted by atomic mass is 32.1. The molecule has 0 spiro atoms. The number of thiophene rings is 1. The van der Waals surface area contributed by atoms with Crippen LogP contribution in [0.1, 0.15) is 24.1 Å². The Morgan fingerprint density at radius 3 is 3.20 bits per heavy atom. The second kappa shape index (κ2) is 5.64. The van der Waals surface area contributed by atoms with E-state index in [2.05, 4.69) is 17.5 Å². The minimum Gasteiger partial charge on any atom is -0.393 e. The molecule has 1 fully saturated rings. The van der Waals surface area contributed by atoms with Crippen molar-refractivity contribution in [1.29, 1.82) is 0 Å². The number of hydrogen-bond acceptors (Lipinski definition) is 3. The lowest BCUT2D eigenvalue weighted by atomic mass is 9.93.